The number of nitrogens with zero attached hydrogens (tertiary/aromatic N) is 2. The standard InChI is InChI=1S/C19H16F2N2O3S/c1-2-6-23-13-9-14-15(26-8-7-25-14)10-16(13)27-19(23)22-18(24)17-11(20)4-3-5-12(17)21/h3-5,9-10H,2,6-8H2,1H3. The van der Waals surface area contributed by atoms with Crippen molar-refractivity contribution in [1.82, 2.24) is 4.57 Å². The lowest BCUT2D eigenvalue weighted by Gasteiger charge is -2.18. The maximum absolute atomic E-state index is 13.9. The van der Waals surface area contributed by atoms with E-state index in [1.807, 2.05) is 23.6 Å². The molecule has 4 rings (SSSR count). The normalized spacial score (nSPS) is 14.0. The third-order valence-electron chi connectivity index (χ3n) is 4.17. The summed E-state index contributed by atoms with van der Waals surface area (Å²) in [4.78, 5) is 16.8. The average molecular weight is 390 g/mol. The lowest BCUT2D eigenvalue weighted by Crippen LogP contribution is -2.18. The first-order chi connectivity index (χ1) is 13.1. The molecule has 0 unspecified atom stereocenters. The van der Waals surface area contributed by atoms with Gasteiger partial charge in [0.25, 0.3) is 5.91 Å². The van der Waals surface area contributed by atoms with Crippen molar-refractivity contribution >= 4 is 27.5 Å². The number of aryl methyl sites for hydroxylation is 1. The Morgan fingerprint density at radius 3 is 2.52 bits per heavy atom. The van der Waals surface area contributed by atoms with Gasteiger partial charge in [-0.2, -0.15) is 4.99 Å². The van der Waals surface area contributed by atoms with Gasteiger partial charge >= 0.3 is 0 Å². The second kappa shape index (κ2) is 7.11. The highest BCUT2D eigenvalue weighted by molar-refractivity contribution is 7.16. The molecule has 1 amide bonds. The van der Waals surface area contributed by atoms with Crippen LogP contribution < -0.4 is 14.3 Å². The van der Waals surface area contributed by atoms with Gasteiger partial charge in [-0.15, -0.1) is 0 Å². The third-order valence-corrected chi connectivity index (χ3v) is 5.21. The van der Waals surface area contributed by atoms with Crippen molar-refractivity contribution in [3.63, 3.8) is 0 Å². The zero-order valence-electron chi connectivity index (χ0n) is 14.5. The van der Waals surface area contributed by atoms with Crippen LogP contribution in [0.2, 0.25) is 0 Å². The molecule has 5 nitrogen and oxygen atoms in total. The van der Waals surface area contributed by atoms with Crippen LogP contribution in [0.25, 0.3) is 10.2 Å². The van der Waals surface area contributed by atoms with E-state index in [0.29, 0.717) is 36.1 Å². The summed E-state index contributed by atoms with van der Waals surface area (Å²) in [5, 5.41) is 0. The smallest absolute Gasteiger partial charge is 0.285 e. The Bertz CT molecular complexity index is 1080. The minimum absolute atomic E-state index is 0.377. The van der Waals surface area contributed by atoms with Crippen molar-refractivity contribution < 1.29 is 23.0 Å². The Balaban J connectivity index is 1.88. The number of rotatable bonds is 3. The number of thiazole rings is 1. The van der Waals surface area contributed by atoms with E-state index in [1.165, 1.54) is 17.4 Å². The van der Waals surface area contributed by atoms with Gasteiger partial charge in [0, 0.05) is 18.7 Å². The lowest BCUT2D eigenvalue weighted by molar-refractivity contribution is 0.0990. The summed E-state index contributed by atoms with van der Waals surface area (Å²) in [6, 6.07) is 6.98. The molecule has 140 valence electrons. The predicted octanol–water partition coefficient (Wildman–Crippen LogP) is 3.90. The lowest BCUT2D eigenvalue weighted by atomic mass is 10.2. The second-order valence-corrected chi connectivity index (χ2v) is 7.02. The number of carbonyl (C=O) groups is 1. The summed E-state index contributed by atoms with van der Waals surface area (Å²) in [5.74, 6) is -1.53. The van der Waals surface area contributed by atoms with Crippen molar-refractivity contribution in [2.75, 3.05) is 13.2 Å². The molecule has 0 saturated heterocycles. The quantitative estimate of drug-likeness (QED) is 0.682. The molecule has 1 aliphatic heterocycles. The molecule has 2 heterocycles. The topological polar surface area (TPSA) is 52.8 Å². The minimum atomic E-state index is -0.945. The molecule has 2 aromatic carbocycles. The molecule has 3 aromatic rings. The van der Waals surface area contributed by atoms with Gasteiger partial charge < -0.3 is 14.0 Å². The first-order valence-corrected chi connectivity index (χ1v) is 9.36. The summed E-state index contributed by atoms with van der Waals surface area (Å²) in [7, 11) is 0. The van der Waals surface area contributed by atoms with Crippen LogP contribution in [-0.2, 0) is 6.54 Å². The van der Waals surface area contributed by atoms with E-state index in [2.05, 4.69) is 4.99 Å². The molecule has 1 aromatic heterocycles. The van der Waals surface area contributed by atoms with Crippen LogP contribution in [0.3, 0.4) is 0 Å². The fraction of sp³-hybridized carbons (Fsp3) is 0.263. The highest BCUT2D eigenvalue weighted by Gasteiger charge is 2.19. The summed E-state index contributed by atoms with van der Waals surface area (Å²) in [6.07, 6.45) is 0.801. The molecule has 0 N–H and O–H groups in total. The largest absolute Gasteiger partial charge is 0.486 e. The number of hydrogen-bond donors (Lipinski definition) is 0. The molecule has 0 atom stereocenters. The van der Waals surface area contributed by atoms with E-state index in [4.69, 9.17) is 9.47 Å². The van der Waals surface area contributed by atoms with Crippen LogP contribution in [-0.4, -0.2) is 23.7 Å². The fourth-order valence-electron chi connectivity index (χ4n) is 2.98. The molecular formula is C19H16F2N2O3S. The van der Waals surface area contributed by atoms with Gasteiger partial charge in [0.15, 0.2) is 16.3 Å². The van der Waals surface area contributed by atoms with Crippen LogP contribution in [0.5, 0.6) is 11.5 Å². The van der Waals surface area contributed by atoms with Gasteiger partial charge in [-0.1, -0.05) is 24.3 Å². The molecule has 0 saturated carbocycles. The Kier molecular flexibility index (Phi) is 4.65. The molecule has 0 spiro atoms. The Hall–Kier alpha value is -2.74. The number of benzene rings is 2. The molecule has 0 radical (unpaired) electrons. The van der Waals surface area contributed by atoms with Gasteiger partial charge in [-0.3, -0.25) is 4.79 Å². The maximum Gasteiger partial charge on any atom is 0.285 e. The molecule has 8 heteroatoms. The number of fused-ring (bicyclic) bond motifs is 2. The van der Waals surface area contributed by atoms with Crippen LogP contribution in [0.15, 0.2) is 35.3 Å². The Labute approximate surface area is 157 Å². The highest BCUT2D eigenvalue weighted by Crippen LogP contribution is 2.35. The van der Waals surface area contributed by atoms with Gasteiger partial charge in [0.05, 0.1) is 10.2 Å². The fourth-order valence-corrected chi connectivity index (χ4v) is 4.04. The van der Waals surface area contributed by atoms with E-state index in [-0.39, 0.29) is 0 Å². The molecule has 0 fully saturated rings. The summed E-state index contributed by atoms with van der Waals surface area (Å²) < 4.78 is 41.7. The molecule has 27 heavy (non-hydrogen) atoms. The van der Waals surface area contributed by atoms with E-state index in [0.717, 1.165) is 28.8 Å². The number of halogens is 2. The predicted molar refractivity (Wildman–Crippen MR) is 97.3 cm³/mol. The highest BCUT2D eigenvalue weighted by atomic mass is 32.1. The van der Waals surface area contributed by atoms with Gasteiger partial charge in [-0.25, -0.2) is 8.78 Å². The van der Waals surface area contributed by atoms with Crippen LogP contribution in [0.4, 0.5) is 8.78 Å². The first kappa shape index (κ1) is 17.7. The Morgan fingerprint density at radius 1 is 1.19 bits per heavy atom. The van der Waals surface area contributed by atoms with Crippen molar-refractivity contribution in [2.45, 2.75) is 19.9 Å². The first-order valence-electron chi connectivity index (χ1n) is 8.54. The maximum atomic E-state index is 13.9. The van der Waals surface area contributed by atoms with E-state index < -0.39 is 23.1 Å². The molecular weight excluding hydrogens is 374 g/mol. The van der Waals surface area contributed by atoms with Crippen LogP contribution >= 0.6 is 11.3 Å². The van der Waals surface area contributed by atoms with E-state index >= 15 is 0 Å². The summed E-state index contributed by atoms with van der Waals surface area (Å²) in [6.45, 7) is 3.54. The average Bonchev–Trinajstić information content (AvgIpc) is 2.96. The second-order valence-electron chi connectivity index (χ2n) is 6.01. The number of amides is 1. The van der Waals surface area contributed by atoms with Gasteiger partial charge in [0.2, 0.25) is 0 Å². The van der Waals surface area contributed by atoms with Crippen molar-refractivity contribution in [2.24, 2.45) is 4.99 Å². The third kappa shape index (κ3) is 3.21. The minimum Gasteiger partial charge on any atom is -0.486 e. The number of aromatic nitrogens is 1. The number of carbonyl (C=O) groups excluding carboxylic acids is 1. The van der Waals surface area contributed by atoms with Crippen molar-refractivity contribution in [1.29, 1.82) is 0 Å². The molecule has 1 aliphatic rings. The van der Waals surface area contributed by atoms with Crippen molar-refractivity contribution in [3.8, 4) is 11.5 Å². The number of hydrogen-bond acceptors (Lipinski definition) is 4. The molecule has 0 aliphatic carbocycles. The monoisotopic (exact) mass is 390 g/mol. The van der Waals surface area contributed by atoms with Gasteiger partial charge in [-0.05, 0) is 18.6 Å². The van der Waals surface area contributed by atoms with Gasteiger partial charge in [0.1, 0.15) is 30.4 Å². The number of ether oxygens (including phenoxy) is 2. The SMILES string of the molecule is CCCn1c(=NC(=O)c2c(F)cccc2F)sc2cc3c(cc21)OCCO3. The van der Waals surface area contributed by atoms with Crippen LogP contribution in [0.1, 0.15) is 23.7 Å². The Morgan fingerprint density at radius 2 is 1.85 bits per heavy atom. The van der Waals surface area contributed by atoms with E-state index in [9.17, 15) is 13.6 Å². The van der Waals surface area contributed by atoms with E-state index in [1.54, 1.807) is 0 Å². The zero-order valence-corrected chi connectivity index (χ0v) is 15.3. The summed E-state index contributed by atoms with van der Waals surface area (Å²) in [5.41, 5.74) is 0.190. The summed E-state index contributed by atoms with van der Waals surface area (Å²) >= 11 is 1.27. The zero-order chi connectivity index (χ0) is 19.0. The van der Waals surface area contributed by atoms with Crippen LogP contribution in [0, 0.1) is 11.6 Å². The molecule has 0 bridgehead atoms. The van der Waals surface area contributed by atoms with Crippen molar-refractivity contribution in [3.05, 3.63) is 52.3 Å².